The molecule has 0 spiro atoms. The molecule has 34 heavy (non-hydrogen) atoms. The van der Waals surface area contributed by atoms with Gasteiger partial charge in [0.2, 0.25) is 0 Å². The van der Waals surface area contributed by atoms with Crippen molar-refractivity contribution in [1.82, 2.24) is 20.0 Å². The van der Waals surface area contributed by atoms with Gasteiger partial charge in [0.15, 0.2) is 0 Å². The van der Waals surface area contributed by atoms with E-state index in [9.17, 15) is 5.11 Å². The minimum atomic E-state index is -0.586. The van der Waals surface area contributed by atoms with E-state index in [2.05, 4.69) is 68.5 Å². The molecule has 2 N–H and O–H groups in total. The van der Waals surface area contributed by atoms with Gasteiger partial charge in [-0.25, -0.2) is 0 Å². The first-order chi connectivity index (χ1) is 15.9. The van der Waals surface area contributed by atoms with Crippen molar-refractivity contribution in [3.05, 3.63) is 0 Å². The zero-order chi connectivity index (χ0) is 25.0. The van der Waals surface area contributed by atoms with Gasteiger partial charge in [0.25, 0.3) is 0 Å². The number of nitrogens with one attached hydrogen (secondary N) is 1. The highest BCUT2D eigenvalue weighted by atomic mass is 16.5. The van der Waals surface area contributed by atoms with E-state index in [-0.39, 0.29) is 11.1 Å². The standard InChI is InChI=1S/C28H56N4O2/c1-23(2)30-18-13-26(6,14-19-30)29-15-12-28(33)11-9-17-32(22-28)25(5)20-34-27(7)10-8-16-31(21-27)24(3)4/h23-25,29,33H,8-22H2,1-7H3/t25?,27-,28-/m1/s1. The van der Waals surface area contributed by atoms with Crippen LogP contribution in [-0.2, 0) is 4.74 Å². The average Bonchev–Trinajstić information content (AvgIpc) is 2.77. The van der Waals surface area contributed by atoms with Gasteiger partial charge < -0.3 is 20.1 Å². The number of rotatable bonds is 10. The van der Waals surface area contributed by atoms with Crippen molar-refractivity contribution in [2.24, 2.45) is 0 Å². The highest BCUT2D eigenvalue weighted by molar-refractivity contribution is 4.94. The molecular weight excluding hydrogens is 424 g/mol. The molecule has 0 aromatic carbocycles. The van der Waals surface area contributed by atoms with Gasteiger partial charge in [0.1, 0.15) is 0 Å². The summed E-state index contributed by atoms with van der Waals surface area (Å²) in [5.41, 5.74) is -0.429. The van der Waals surface area contributed by atoms with E-state index in [1.807, 2.05) is 0 Å². The molecule has 3 saturated heterocycles. The molecule has 3 fully saturated rings. The Morgan fingerprint density at radius 1 is 0.794 bits per heavy atom. The molecule has 6 nitrogen and oxygen atoms in total. The van der Waals surface area contributed by atoms with Gasteiger partial charge in [-0.2, -0.15) is 0 Å². The second kappa shape index (κ2) is 11.9. The molecule has 0 radical (unpaired) electrons. The molecule has 200 valence electrons. The molecule has 3 aliphatic heterocycles. The summed E-state index contributed by atoms with van der Waals surface area (Å²) in [4.78, 5) is 7.60. The minimum Gasteiger partial charge on any atom is -0.389 e. The van der Waals surface area contributed by atoms with Gasteiger partial charge >= 0.3 is 0 Å². The number of hydrogen-bond acceptors (Lipinski definition) is 6. The van der Waals surface area contributed by atoms with Gasteiger partial charge in [-0.1, -0.05) is 0 Å². The van der Waals surface area contributed by atoms with Crippen LogP contribution < -0.4 is 5.32 Å². The predicted octanol–water partition coefficient (Wildman–Crippen LogP) is 3.72. The second-order valence-electron chi connectivity index (χ2n) is 12.9. The molecule has 0 aliphatic carbocycles. The summed E-state index contributed by atoms with van der Waals surface area (Å²) in [6.07, 6.45) is 7.56. The van der Waals surface area contributed by atoms with Crippen molar-refractivity contribution in [3.8, 4) is 0 Å². The molecule has 3 atom stereocenters. The Morgan fingerprint density at radius 3 is 2.06 bits per heavy atom. The van der Waals surface area contributed by atoms with Crippen molar-refractivity contribution < 1.29 is 9.84 Å². The Labute approximate surface area is 210 Å². The first-order valence-corrected chi connectivity index (χ1v) is 14.3. The number of aliphatic hydroxyl groups is 1. The minimum absolute atomic E-state index is 0.0482. The summed E-state index contributed by atoms with van der Waals surface area (Å²) in [7, 11) is 0. The van der Waals surface area contributed by atoms with Crippen LogP contribution in [0.25, 0.3) is 0 Å². The van der Waals surface area contributed by atoms with Gasteiger partial charge in [-0.3, -0.25) is 9.80 Å². The third-order valence-corrected chi connectivity index (χ3v) is 9.07. The van der Waals surface area contributed by atoms with Crippen molar-refractivity contribution >= 4 is 0 Å². The summed E-state index contributed by atoms with van der Waals surface area (Å²) in [5.74, 6) is 0. The van der Waals surface area contributed by atoms with Gasteiger partial charge in [0, 0.05) is 49.8 Å². The molecular formula is C28H56N4O2. The van der Waals surface area contributed by atoms with Crippen LogP contribution in [0.1, 0.15) is 93.4 Å². The normalized spacial score (nSPS) is 33.0. The fraction of sp³-hybridized carbons (Fsp3) is 1.00. The predicted molar refractivity (Wildman–Crippen MR) is 142 cm³/mol. The third kappa shape index (κ3) is 7.88. The lowest BCUT2D eigenvalue weighted by atomic mass is 9.86. The number of piperidine rings is 3. The number of β-amino-alcohol motifs (C(OH)–C–C–N with tert-alkyl or cyclic N) is 1. The molecule has 0 amide bonds. The second-order valence-corrected chi connectivity index (χ2v) is 12.9. The van der Waals surface area contributed by atoms with Gasteiger partial charge in [-0.15, -0.1) is 0 Å². The van der Waals surface area contributed by atoms with E-state index in [0.29, 0.717) is 18.1 Å². The first kappa shape index (κ1) is 28.3. The molecule has 3 heterocycles. The summed E-state index contributed by atoms with van der Waals surface area (Å²) in [6.45, 7) is 24.1. The topological polar surface area (TPSA) is 51.2 Å². The fourth-order valence-electron chi connectivity index (χ4n) is 6.26. The average molecular weight is 481 g/mol. The van der Waals surface area contributed by atoms with Gasteiger partial charge in [-0.05, 0) is 113 Å². The maximum Gasteiger partial charge on any atom is 0.0786 e. The number of nitrogens with zero attached hydrogens (tertiary/aromatic N) is 3. The Morgan fingerprint density at radius 2 is 1.41 bits per heavy atom. The van der Waals surface area contributed by atoms with Crippen LogP contribution in [0.5, 0.6) is 0 Å². The van der Waals surface area contributed by atoms with Crippen molar-refractivity contribution in [3.63, 3.8) is 0 Å². The monoisotopic (exact) mass is 480 g/mol. The van der Waals surface area contributed by atoms with Crippen LogP contribution in [-0.4, -0.2) is 107 Å². The van der Waals surface area contributed by atoms with Crippen molar-refractivity contribution in [2.45, 2.75) is 128 Å². The Balaban J connectivity index is 1.42. The maximum atomic E-state index is 11.4. The summed E-state index contributed by atoms with van der Waals surface area (Å²) in [5, 5.41) is 15.3. The maximum absolute atomic E-state index is 11.4. The molecule has 3 aliphatic rings. The summed E-state index contributed by atoms with van der Waals surface area (Å²) in [6, 6.07) is 1.56. The molecule has 6 heteroatoms. The van der Waals surface area contributed by atoms with Crippen molar-refractivity contribution in [2.75, 3.05) is 52.4 Å². The smallest absolute Gasteiger partial charge is 0.0786 e. The number of ether oxygens (including phenoxy) is 1. The molecule has 0 aromatic rings. The molecule has 0 bridgehead atoms. The first-order valence-electron chi connectivity index (χ1n) is 14.3. The van der Waals surface area contributed by atoms with E-state index < -0.39 is 5.60 Å². The number of likely N-dealkylation sites (tertiary alicyclic amines) is 3. The molecule has 1 unspecified atom stereocenters. The molecule has 0 saturated carbocycles. The summed E-state index contributed by atoms with van der Waals surface area (Å²) >= 11 is 0. The molecule has 0 aromatic heterocycles. The largest absolute Gasteiger partial charge is 0.389 e. The highest BCUT2D eigenvalue weighted by Gasteiger charge is 2.38. The third-order valence-electron chi connectivity index (χ3n) is 9.07. The lowest BCUT2D eigenvalue weighted by Crippen LogP contribution is -2.56. The van der Waals surface area contributed by atoms with Crippen molar-refractivity contribution in [1.29, 1.82) is 0 Å². The Hall–Kier alpha value is -0.240. The van der Waals surface area contributed by atoms with E-state index in [4.69, 9.17) is 4.74 Å². The SMILES string of the molecule is CC(C)N1CCC(C)(NCC[C@]2(O)CCCN(C(C)CO[C@]3(C)CCCN(C(C)C)C3)C2)CC1. The lowest BCUT2D eigenvalue weighted by molar-refractivity contribution is -0.110. The van der Waals surface area contributed by atoms with Crippen LogP contribution in [0.15, 0.2) is 0 Å². The van der Waals surface area contributed by atoms with Crippen LogP contribution in [0.2, 0.25) is 0 Å². The van der Waals surface area contributed by atoms with E-state index >= 15 is 0 Å². The highest BCUT2D eigenvalue weighted by Crippen LogP contribution is 2.29. The Kier molecular flexibility index (Phi) is 9.89. The van der Waals surface area contributed by atoms with Crippen LogP contribution in [0.4, 0.5) is 0 Å². The quantitative estimate of drug-likeness (QED) is 0.497. The van der Waals surface area contributed by atoms with E-state index in [1.165, 1.54) is 38.9 Å². The van der Waals surface area contributed by atoms with E-state index in [1.54, 1.807) is 0 Å². The fourth-order valence-corrected chi connectivity index (χ4v) is 6.26. The van der Waals surface area contributed by atoms with Crippen LogP contribution in [0, 0.1) is 0 Å². The zero-order valence-electron chi connectivity index (χ0n) is 23.5. The zero-order valence-corrected chi connectivity index (χ0v) is 23.5. The summed E-state index contributed by atoms with van der Waals surface area (Å²) < 4.78 is 6.55. The number of hydrogen-bond donors (Lipinski definition) is 2. The lowest BCUT2D eigenvalue weighted by Gasteiger charge is -2.45. The van der Waals surface area contributed by atoms with Crippen LogP contribution in [0.3, 0.4) is 0 Å². The Bertz CT molecular complexity index is 622. The molecule has 3 rings (SSSR count). The van der Waals surface area contributed by atoms with Gasteiger partial charge in [0.05, 0.1) is 17.8 Å². The van der Waals surface area contributed by atoms with Crippen LogP contribution >= 0.6 is 0 Å². The van der Waals surface area contributed by atoms with E-state index in [0.717, 1.165) is 58.5 Å².